The summed E-state index contributed by atoms with van der Waals surface area (Å²) in [5.41, 5.74) is 7.17. The van der Waals surface area contributed by atoms with Crippen LogP contribution in [0.3, 0.4) is 0 Å². The number of fused-ring (bicyclic) bond motifs is 4. The summed E-state index contributed by atoms with van der Waals surface area (Å²) < 4.78 is 26.9. The van der Waals surface area contributed by atoms with E-state index < -0.39 is 73.1 Å². The SMILES string of the molecule is CCC(C=O)c1cc2n(c(=O)c1COC)Cc1c-2nc2cc(F)c(C)c3c2c1CCC3.CCOCNC.CNC=O.O=CCNC(=O)C([CH2][Pb])NC(=O)CNC(=O)CNC(=O)C(CNCC(=O)O)N1C(=O)C=CC1=O. The zero-order valence-electron chi connectivity index (χ0n) is 42.6. The van der Waals surface area contributed by atoms with Crippen molar-refractivity contribution in [2.45, 2.75) is 81.6 Å². The molecule has 75 heavy (non-hydrogen) atoms. The summed E-state index contributed by atoms with van der Waals surface area (Å²) in [6, 6.07) is 1.18. The number of nitrogens with zero attached hydrogens (tertiary/aromatic N) is 3. The minimum absolute atomic E-state index is 0.137. The molecule has 4 heterocycles. The second kappa shape index (κ2) is 31.9. The van der Waals surface area contributed by atoms with Crippen molar-refractivity contribution in [2.24, 2.45) is 0 Å². The van der Waals surface area contributed by atoms with E-state index in [1.165, 1.54) is 11.6 Å². The van der Waals surface area contributed by atoms with Crippen molar-refractivity contribution in [1.82, 2.24) is 51.7 Å². The molecule has 7 amide bonds. The van der Waals surface area contributed by atoms with Crippen molar-refractivity contribution in [3.8, 4) is 11.4 Å². The Morgan fingerprint density at radius 3 is 2.15 bits per heavy atom. The number of carbonyl (C=O) groups is 10. The number of carboxylic acids is 1. The molecule has 24 nitrogen and oxygen atoms in total. The predicted molar refractivity (Wildman–Crippen MR) is 271 cm³/mol. The van der Waals surface area contributed by atoms with Crippen molar-refractivity contribution >= 4 is 97.1 Å². The molecule has 2 aromatic heterocycles. The van der Waals surface area contributed by atoms with Gasteiger partial charge in [-0.15, -0.1) is 0 Å². The standard InChI is InChI=1S/C25H25FN2O3.C18H23N6O9.C4H11NO.C2H5NO.Pb/c1-4-14(11-29)17-8-22-24-18(10-28(22)25(30)19(17)12-31-3)16-7-5-6-15-13(2)20(26)9-21(27-24)23(15)16;1-10(17(32)20-4-5-25)23-13(27)8-21-12(26)7-22-18(33)11(6-19-9-16(30)31)24-14(28)2-3-15(24)29;1-3-6-4-5-2;1-3-2-4;/h8-9,11,14H,4-7,10,12H2,1-3H3;2-3,5,10-11,19H,1,4,6-9H2,(H,20,32)(H,21,26)(H,22,33)(H,23,27)(H,30,31);5H,3-4H2,1-2H3;2H,1H3,(H,3,4);. The minimum atomic E-state index is -1.41. The molecule has 0 saturated heterocycles. The molecule has 0 bridgehead atoms. The Morgan fingerprint density at radius 2 is 1.59 bits per heavy atom. The maximum atomic E-state index is 14.6. The Bertz CT molecular complexity index is 2660. The molecule has 26 heteroatoms. The van der Waals surface area contributed by atoms with Gasteiger partial charge in [0.1, 0.15) is 12.1 Å². The number of imide groups is 1. The molecule has 405 valence electrons. The van der Waals surface area contributed by atoms with Gasteiger partial charge in [-0.3, -0.25) is 29.3 Å². The van der Waals surface area contributed by atoms with Crippen LogP contribution in [0.15, 0.2) is 29.1 Å². The summed E-state index contributed by atoms with van der Waals surface area (Å²) >= 11 is 0.588. The summed E-state index contributed by atoms with van der Waals surface area (Å²) in [5.74, 6) is -6.24. The number of halogens is 1. The molecule has 1 aromatic carbocycles. The van der Waals surface area contributed by atoms with Crippen molar-refractivity contribution < 1.29 is 66.9 Å². The number of nitrogens with one attached hydrogen (secondary N) is 7. The van der Waals surface area contributed by atoms with Crippen molar-refractivity contribution in [3.63, 3.8) is 0 Å². The minimum Gasteiger partial charge on any atom is -0.480 e. The van der Waals surface area contributed by atoms with E-state index >= 15 is 0 Å². The van der Waals surface area contributed by atoms with E-state index in [4.69, 9.17) is 24.4 Å². The normalized spacial score (nSPS) is 13.7. The second-order valence-corrected chi connectivity index (χ2v) is 18.2. The number of ether oxygens (including phenoxy) is 2. The molecule has 0 saturated carbocycles. The van der Waals surface area contributed by atoms with Crippen molar-refractivity contribution in [1.29, 1.82) is 0 Å². The van der Waals surface area contributed by atoms with E-state index in [0.29, 0.717) is 94.9 Å². The van der Waals surface area contributed by atoms with Crippen LogP contribution < -0.4 is 42.8 Å². The van der Waals surface area contributed by atoms with E-state index in [2.05, 4.69) is 37.2 Å². The van der Waals surface area contributed by atoms with E-state index in [1.807, 2.05) is 33.9 Å². The molecule has 3 aliphatic rings. The molecular weight excluding hydrogens is 1180 g/mol. The fraction of sp³-hybridized carbons (Fsp3) is 0.469. The van der Waals surface area contributed by atoms with Gasteiger partial charge in [0.25, 0.3) is 17.4 Å². The Morgan fingerprint density at radius 1 is 0.920 bits per heavy atom. The monoisotopic (exact) mass is 1240 g/mol. The topological polar surface area (TPSA) is 332 Å². The van der Waals surface area contributed by atoms with Crippen molar-refractivity contribution in [2.75, 3.05) is 67.3 Å². The number of aldehydes is 2. The number of hydrogen-bond donors (Lipinski definition) is 8. The van der Waals surface area contributed by atoms with E-state index in [-0.39, 0.29) is 37.0 Å². The first-order chi connectivity index (χ1) is 35.9. The number of carboxylic acid groups (broad SMARTS) is 1. The number of amides is 7. The quantitative estimate of drug-likeness (QED) is 0.0128. The van der Waals surface area contributed by atoms with Gasteiger partial charge in [0.05, 0.1) is 43.3 Å². The number of pyridine rings is 2. The molecular formula is C49H64FN10O14Pb. The van der Waals surface area contributed by atoms with Crippen LogP contribution in [0.4, 0.5) is 4.39 Å². The summed E-state index contributed by atoms with van der Waals surface area (Å²) in [6.45, 7) is 5.61. The molecule has 3 unspecified atom stereocenters. The van der Waals surface area contributed by atoms with E-state index in [0.717, 1.165) is 66.5 Å². The molecule has 2 aliphatic heterocycles. The number of rotatable bonds is 24. The third kappa shape index (κ3) is 17.2. The molecule has 3 radical (unpaired) electrons. The van der Waals surface area contributed by atoms with E-state index in [1.54, 1.807) is 18.7 Å². The van der Waals surface area contributed by atoms with Crippen LogP contribution in [-0.4, -0.2) is 185 Å². The Labute approximate surface area is 447 Å². The molecule has 1 aliphatic carbocycles. The average molecular weight is 1240 g/mol. The van der Waals surface area contributed by atoms with Gasteiger partial charge < -0.3 is 34.6 Å². The van der Waals surface area contributed by atoms with Crippen LogP contribution in [-0.2, 0) is 83.4 Å². The maximum absolute atomic E-state index is 14.6. The first-order valence-corrected chi connectivity index (χ1v) is 26.5. The van der Waals surface area contributed by atoms with Gasteiger partial charge in [-0.25, -0.2) is 9.37 Å². The molecule has 8 N–H and O–H groups in total. The molecule has 3 aromatic rings. The van der Waals surface area contributed by atoms with Crippen LogP contribution in [0.25, 0.3) is 22.3 Å². The summed E-state index contributed by atoms with van der Waals surface area (Å²) in [6.07, 6.45) is 7.22. The van der Waals surface area contributed by atoms with Crippen LogP contribution in [0.2, 0.25) is 3.98 Å². The van der Waals surface area contributed by atoms with Crippen LogP contribution >= 0.6 is 0 Å². The Balaban J connectivity index is 0.000000335. The third-order valence-electron chi connectivity index (χ3n) is 11.7. The fourth-order valence-electron chi connectivity index (χ4n) is 8.12. The first kappa shape index (κ1) is 62.6. The van der Waals surface area contributed by atoms with Crippen molar-refractivity contribution in [3.05, 3.63) is 73.8 Å². The Kier molecular flexibility index (Phi) is 26.6. The number of aryl methyl sites for hydroxylation is 2. The zero-order chi connectivity index (χ0) is 55.8. The van der Waals surface area contributed by atoms with Crippen LogP contribution in [0.5, 0.6) is 0 Å². The van der Waals surface area contributed by atoms with Crippen LogP contribution in [0.1, 0.15) is 66.0 Å². The van der Waals surface area contributed by atoms with Crippen LogP contribution in [0, 0.1) is 12.7 Å². The second-order valence-electron chi connectivity index (χ2n) is 16.6. The summed E-state index contributed by atoms with van der Waals surface area (Å²) in [4.78, 5) is 133. The smallest absolute Gasteiger partial charge is 0.480 e. The van der Waals surface area contributed by atoms with Gasteiger partial charge in [-0.1, -0.05) is 6.92 Å². The number of hydrogen-bond acceptors (Lipinski definition) is 16. The molecule has 0 fully saturated rings. The fourth-order valence-corrected chi connectivity index (χ4v) is 9.24. The third-order valence-corrected chi connectivity index (χ3v) is 13.3. The number of carbonyl (C=O) groups excluding carboxylic acids is 9. The van der Waals surface area contributed by atoms with Gasteiger partial charge in [0.15, 0.2) is 0 Å². The number of aliphatic carboxylic acids is 1. The van der Waals surface area contributed by atoms with Gasteiger partial charge in [0, 0.05) is 61.4 Å². The molecule has 6 rings (SSSR count). The van der Waals surface area contributed by atoms with Gasteiger partial charge in [-0.2, -0.15) is 0 Å². The van der Waals surface area contributed by atoms with Gasteiger partial charge in [0.2, 0.25) is 6.41 Å². The zero-order valence-corrected chi connectivity index (χ0v) is 46.5. The number of benzene rings is 1. The predicted octanol–water partition coefficient (Wildman–Crippen LogP) is -1.66. The summed E-state index contributed by atoms with van der Waals surface area (Å²) in [5, 5.41) is 26.5. The average Bonchev–Trinajstić information content (AvgIpc) is 3.95. The summed E-state index contributed by atoms with van der Waals surface area (Å²) in [7, 11) is 4.97. The number of aromatic nitrogens is 2. The van der Waals surface area contributed by atoms with E-state index in [9.17, 15) is 52.3 Å². The molecule has 0 spiro atoms. The van der Waals surface area contributed by atoms with Gasteiger partial charge in [-0.05, 0) is 74.9 Å². The number of methoxy groups -OCH3 is 1. The molecule has 3 atom stereocenters. The van der Waals surface area contributed by atoms with Gasteiger partial charge >= 0.3 is 154 Å². The first-order valence-electron chi connectivity index (χ1n) is 23.8. The Hall–Kier alpha value is -6.69.